The Morgan fingerprint density at radius 3 is 2.55 bits per heavy atom. The number of nitrogens with zero attached hydrogens (tertiary/aromatic N) is 1. The van der Waals surface area contributed by atoms with Crippen LogP contribution >= 0.6 is 0 Å². The number of benzene rings is 2. The Kier molecular flexibility index (Phi) is 6.05. The molecule has 1 atom stereocenters. The fourth-order valence-corrected chi connectivity index (χ4v) is 3.33. The Morgan fingerprint density at radius 1 is 1.03 bits per heavy atom. The summed E-state index contributed by atoms with van der Waals surface area (Å²) < 4.78 is 5.42. The van der Waals surface area contributed by atoms with Gasteiger partial charge in [0.1, 0.15) is 12.3 Å². The van der Waals surface area contributed by atoms with Crippen molar-refractivity contribution < 1.29 is 14.3 Å². The first kappa shape index (κ1) is 20.3. The molecular formula is C24H22N4O3. The number of ether oxygens (including phenoxy) is 1. The SMILES string of the molecule is NC[C@H](C(=O)OCc1ccccc1)c1ccc(C(=O)Nc2ccnc3[nH]ccc23)cc1. The highest BCUT2D eigenvalue weighted by Gasteiger charge is 2.21. The van der Waals surface area contributed by atoms with Gasteiger partial charge in [-0.25, -0.2) is 4.98 Å². The number of carbonyl (C=O) groups is 2. The topological polar surface area (TPSA) is 110 Å². The van der Waals surface area contributed by atoms with Crippen LogP contribution in [0.3, 0.4) is 0 Å². The van der Waals surface area contributed by atoms with Crippen LogP contribution in [-0.2, 0) is 16.1 Å². The summed E-state index contributed by atoms with van der Waals surface area (Å²) in [4.78, 5) is 32.4. The molecule has 4 rings (SSSR count). The van der Waals surface area contributed by atoms with Gasteiger partial charge in [0.15, 0.2) is 0 Å². The number of hydrogen-bond donors (Lipinski definition) is 3. The normalized spacial score (nSPS) is 11.8. The van der Waals surface area contributed by atoms with E-state index < -0.39 is 11.9 Å². The van der Waals surface area contributed by atoms with Crippen molar-refractivity contribution in [3.63, 3.8) is 0 Å². The average molecular weight is 414 g/mol. The van der Waals surface area contributed by atoms with Crippen LogP contribution in [0.15, 0.2) is 79.1 Å². The average Bonchev–Trinajstić information content (AvgIpc) is 3.29. The zero-order valence-corrected chi connectivity index (χ0v) is 16.7. The lowest BCUT2D eigenvalue weighted by Crippen LogP contribution is -2.24. The van der Waals surface area contributed by atoms with Crippen LogP contribution in [0.2, 0.25) is 0 Å². The molecule has 0 aliphatic heterocycles. The largest absolute Gasteiger partial charge is 0.460 e. The van der Waals surface area contributed by atoms with E-state index in [0.29, 0.717) is 22.5 Å². The van der Waals surface area contributed by atoms with Gasteiger partial charge in [0.25, 0.3) is 5.91 Å². The third-order valence-electron chi connectivity index (χ3n) is 5.03. The number of rotatable bonds is 7. The Bertz CT molecular complexity index is 1190. The Balaban J connectivity index is 1.43. The van der Waals surface area contributed by atoms with Gasteiger partial charge in [0.2, 0.25) is 0 Å². The zero-order chi connectivity index (χ0) is 21.6. The van der Waals surface area contributed by atoms with Gasteiger partial charge in [-0.1, -0.05) is 42.5 Å². The predicted molar refractivity (Wildman–Crippen MR) is 119 cm³/mol. The molecule has 0 aliphatic carbocycles. The number of carbonyl (C=O) groups excluding carboxylic acids is 2. The third kappa shape index (κ3) is 4.62. The van der Waals surface area contributed by atoms with Gasteiger partial charge < -0.3 is 20.8 Å². The Hall–Kier alpha value is -3.97. The van der Waals surface area contributed by atoms with Crippen molar-refractivity contribution in [3.05, 3.63) is 95.8 Å². The molecule has 2 aromatic carbocycles. The number of amides is 1. The summed E-state index contributed by atoms with van der Waals surface area (Å²) >= 11 is 0. The second-order valence-corrected chi connectivity index (χ2v) is 7.06. The molecular weight excluding hydrogens is 392 g/mol. The van der Waals surface area contributed by atoms with Gasteiger partial charge in [-0.05, 0) is 35.4 Å². The van der Waals surface area contributed by atoms with Crippen molar-refractivity contribution in [3.8, 4) is 0 Å². The number of H-pyrrole nitrogens is 1. The van der Waals surface area contributed by atoms with Gasteiger partial charge >= 0.3 is 5.97 Å². The summed E-state index contributed by atoms with van der Waals surface area (Å²) in [6, 6.07) is 19.9. The lowest BCUT2D eigenvalue weighted by molar-refractivity contribution is -0.146. The molecule has 0 saturated heterocycles. The molecule has 0 aliphatic rings. The van der Waals surface area contributed by atoms with Crippen molar-refractivity contribution in [1.29, 1.82) is 0 Å². The van der Waals surface area contributed by atoms with E-state index in [-0.39, 0.29) is 19.1 Å². The van der Waals surface area contributed by atoms with E-state index in [1.165, 1.54) is 0 Å². The highest BCUT2D eigenvalue weighted by atomic mass is 16.5. The first-order chi connectivity index (χ1) is 15.2. The van der Waals surface area contributed by atoms with E-state index in [1.807, 2.05) is 36.4 Å². The predicted octanol–water partition coefficient (Wildman–Crippen LogP) is 3.60. The van der Waals surface area contributed by atoms with Crippen molar-refractivity contribution in [2.75, 3.05) is 11.9 Å². The van der Waals surface area contributed by atoms with Gasteiger partial charge in [0.05, 0.1) is 11.6 Å². The maximum atomic E-state index is 12.7. The van der Waals surface area contributed by atoms with Crippen LogP contribution in [0.5, 0.6) is 0 Å². The van der Waals surface area contributed by atoms with E-state index in [1.54, 1.807) is 42.7 Å². The molecule has 4 N–H and O–H groups in total. The van der Waals surface area contributed by atoms with E-state index in [9.17, 15) is 9.59 Å². The van der Waals surface area contributed by atoms with Gasteiger partial charge in [-0.3, -0.25) is 9.59 Å². The molecule has 7 nitrogen and oxygen atoms in total. The molecule has 0 unspecified atom stereocenters. The number of fused-ring (bicyclic) bond motifs is 1. The van der Waals surface area contributed by atoms with Crippen LogP contribution in [-0.4, -0.2) is 28.4 Å². The minimum absolute atomic E-state index is 0.113. The fraction of sp³-hybridized carbons (Fsp3) is 0.125. The molecule has 0 saturated carbocycles. The molecule has 0 radical (unpaired) electrons. The van der Waals surface area contributed by atoms with E-state index in [0.717, 1.165) is 10.9 Å². The number of nitrogens with one attached hydrogen (secondary N) is 2. The van der Waals surface area contributed by atoms with Crippen molar-refractivity contribution in [2.45, 2.75) is 12.5 Å². The Morgan fingerprint density at radius 2 is 1.81 bits per heavy atom. The summed E-state index contributed by atoms with van der Waals surface area (Å²) in [6.07, 6.45) is 3.40. The van der Waals surface area contributed by atoms with E-state index in [4.69, 9.17) is 10.5 Å². The molecule has 0 fully saturated rings. The van der Waals surface area contributed by atoms with Crippen molar-refractivity contribution in [1.82, 2.24) is 9.97 Å². The van der Waals surface area contributed by atoms with Gasteiger partial charge in [0, 0.05) is 29.9 Å². The van der Waals surface area contributed by atoms with Crippen LogP contribution in [0, 0.1) is 0 Å². The summed E-state index contributed by atoms with van der Waals surface area (Å²) in [5, 5.41) is 3.73. The number of aromatic amines is 1. The van der Waals surface area contributed by atoms with Crippen LogP contribution in [0.4, 0.5) is 5.69 Å². The fourth-order valence-electron chi connectivity index (χ4n) is 3.33. The van der Waals surface area contributed by atoms with E-state index >= 15 is 0 Å². The summed E-state index contributed by atoms with van der Waals surface area (Å²) in [5.41, 5.74) is 9.28. The first-order valence-electron chi connectivity index (χ1n) is 9.89. The molecule has 2 heterocycles. The lowest BCUT2D eigenvalue weighted by Gasteiger charge is -2.15. The maximum absolute atomic E-state index is 12.7. The molecule has 0 bridgehead atoms. The summed E-state index contributed by atoms with van der Waals surface area (Å²) in [7, 11) is 0. The molecule has 2 aromatic heterocycles. The minimum atomic E-state index is -0.597. The second-order valence-electron chi connectivity index (χ2n) is 7.06. The maximum Gasteiger partial charge on any atom is 0.315 e. The standard InChI is InChI=1S/C24H22N4O3/c25-14-20(24(30)31-15-16-4-2-1-3-5-16)17-6-8-18(9-7-17)23(29)28-21-11-13-27-22-19(21)10-12-26-22/h1-13,20H,14-15,25H2,(H2,26,27,28,29)/t20-/m0/s1. The number of nitrogens with two attached hydrogens (primary N) is 1. The molecule has 7 heteroatoms. The van der Waals surface area contributed by atoms with Crippen molar-refractivity contribution in [2.24, 2.45) is 5.73 Å². The summed E-state index contributed by atoms with van der Waals surface area (Å²) in [5.74, 6) is -1.24. The molecule has 156 valence electrons. The molecule has 4 aromatic rings. The number of aromatic nitrogens is 2. The van der Waals surface area contributed by atoms with Crippen LogP contribution < -0.4 is 11.1 Å². The first-order valence-corrected chi connectivity index (χ1v) is 9.89. The lowest BCUT2D eigenvalue weighted by atomic mass is 9.98. The third-order valence-corrected chi connectivity index (χ3v) is 5.03. The van der Waals surface area contributed by atoms with Crippen LogP contribution in [0.1, 0.15) is 27.4 Å². The van der Waals surface area contributed by atoms with E-state index in [2.05, 4.69) is 15.3 Å². The highest BCUT2D eigenvalue weighted by molar-refractivity contribution is 6.08. The van der Waals surface area contributed by atoms with Crippen molar-refractivity contribution >= 4 is 28.6 Å². The minimum Gasteiger partial charge on any atom is -0.460 e. The quantitative estimate of drug-likeness (QED) is 0.400. The number of hydrogen-bond acceptors (Lipinski definition) is 5. The second kappa shape index (κ2) is 9.23. The monoisotopic (exact) mass is 414 g/mol. The number of esters is 1. The zero-order valence-electron chi connectivity index (χ0n) is 16.7. The molecule has 31 heavy (non-hydrogen) atoms. The van der Waals surface area contributed by atoms with Crippen LogP contribution in [0.25, 0.3) is 11.0 Å². The molecule has 1 amide bonds. The highest BCUT2D eigenvalue weighted by Crippen LogP contribution is 2.22. The smallest absolute Gasteiger partial charge is 0.315 e. The number of pyridine rings is 1. The molecule has 0 spiro atoms. The summed E-state index contributed by atoms with van der Waals surface area (Å²) in [6.45, 7) is 0.303. The van der Waals surface area contributed by atoms with Gasteiger partial charge in [-0.15, -0.1) is 0 Å². The number of anilines is 1. The van der Waals surface area contributed by atoms with Gasteiger partial charge in [-0.2, -0.15) is 0 Å². The Labute approximate surface area is 179 Å².